The van der Waals surface area contributed by atoms with Crippen LogP contribution < -0.4 is 0 Å². The Balaban J connectivity index is 2.46. The van der Waals surface area contributed by atoms with Crippen LogP contribution in [0.2, 0.25) is 0 Å². The van der Waals surface area contributed by atoms with Gasteiger partial charge in [0.15, 0.2) is 0 Å². The molecule has 1 saturated heterocycles. The average Bonchev–Trinajstić information content (AvgIpc) is 2.26. The van der Waals surface area contributed by atoms with E-state index in [2.05, 4.69) is 28.5 Å². The molecule has 1 unspecified atom stereocenters. The second-order valence-corrected chi connectivity index (χ2v) is 4.48. The van der Waals surface area contributed by atoms with Crippen LogP contribution in [0, 0.1) is 0 Å². The van der Waals surface area contributed by atoms with E-state index in [0.29, 0.717) is 11.6 Å². The van der Waals surface area contributed by atoms with Crippen molar-refractivity contribution < 1.29 is 9.53 Å². The van der Waals surface area contributed by atoms with Crippen molar-refractivity contribution in [3.63, 3.8) is 0 Å². The van der Waals surface area contributed by atoms with E-state index in [-0.39, 0.29) is 5.97 Å². The topological polar surface area (TPSA) is 32.8 Å². The second-order valence-electron chi connectivity index (χ2n) is 4.48. The molecular weight excluding hydrogens is 204 g/mol. The maximum Gasteiger partial charge on any atom is 0.333 e. The van der Waals surface area contributed by atoms with Crippen molar-refractivity contribution in [1.29, 1.82) is 0 Å². The molecular formula is C12H22N2O2. The van der Waals surface area contributed by atoms with Gasteiger partial charge in [-0.3, -0.25) is 4.90 Å². The average molecular weight is 226 g/mol. The van der Waals surface area contributed by atoms with Gasteiger partial charge in [-0.25, -0.2) is 4.79 Å². The van der Waals surface area contributed by atoms with Gasteiger partial charge >= 0.3 is 5.97 Å². The fourth-order valence-corrected chi connectivity index (χ4v) is 1.95. The van der Waals surface area contributed by atoms with Crippen LogP contribution in [0.3, 0.4) is 0 Å². The number of hydrogen-bond donors (Lipinski definition) is 0. The molecule has 1 rings (SSSR count). The van der Waals surface area contributed by atoms with Crippen LogP contribution in [0.15, 0.2) is 11.6 Å². The summed E-state index contributed by atoms with van der Waals surface area (Å²) in [4.78, 5) is 15.9. The number of rotatable bonds is 3. The molecule has 1 aliphatic rings. The van der Waals surface area contributed by atoms with Crippen molar-refractivity contribution in [3.8, 4) is 0 Å². The van der Waals surface area contributed by atoms with Gasteiger partial charge in [0, 0.05) is 37.8 Å². The number of likely N-dealkylation sites (N-methyl/N-ethyl adjacent to an activating group) is 1. The van der Waals surface area contributed by atoms with Crippen LogP contribution in [0.1, 0.15) is 13.8 Å². The van der Waals surface area contributed by atoms with Gasteiger partial charge in [0.2, 0.25) is 0 Å². The molecule has 1 heterocycles. The van der Waals surface area contributed by atoms with E-state index in [1.54, 1.807) is 6.92 Å². The van der Waals surface area contributed by atoms with Crippen molar-refractivity contribution in [2.75, 3.05) is 40.3 Å². The molecule has 0 bridgehead atoms. The first-order valence-corrected chi connectivity index (χ1v) is 5.72. The van der Waals surface area contributed by atoms with Gasteiger partial charge in [0.05, 0.1) is 7.11 Å². The highest BCUT2D eigenvalue weighted by molar-refractivity contribution is 5.87. The van der Waals surface area contributed by atoms with Crippen molar-refractivity contribution in [2.24, 2.45) is 0 Å². The fraction of sp³-hybridized carbons (Fsp3) is 0.750. The van der Waals surface area contributed by atoms with E-state index in [4.69, 9.17) is 0 Å². The summed E-state index contributed by atoms with van der Waals surface area (Å²) in [5.41, 5.74) is 0.689. The van der Waals surface area contributed by atoms with Gasteiger partial charge in [-0.15, -0.1) is 0 Å². The van der Waals surface area contributed by atoms with Gasteiger partial charge < -0.3 is 9.64 Å². The summed E-state index contributed by atoms with van der Waals surface area (Å²) < 4.78 is 4.66. The first kappa shape index (κ1) is 13.2. The lowest BCUT2D eigenvalue weighted by molar-refractivity contribution is -0.136. The zero-order chi connectivity index (χ0) is 12.1. The molecule has 1 atom stereocenters. The monoisotopic (exact) mass is 226 g/mol. The van der Waals surface area contributed by atoms with Gasteiger partial charge in [-0.2, -0.15) is 0 Å². The predicted molar refractivity (Wildman–Crippen MR) is 64.3 cm³/mol. The van der Waals surface area contributed by atoms with Crippen molar-refractivity contribution >= 4 is 5.97 Å². The molecule has 1 aliphatic heterocycles. The minimum absolute atomic E-state index is 0.234. The highest BCUT2D eigenvalue weighted by atomic mass is 16.5. The summed E-state index contributed by atoms with van der Waals surface area (Å²) in [7, 11) is 3.56. The lowest BCUT2D eigenvalue weighted by Gasteiger charge is -2.37. The number of carbonyl (C=O) groups is 1. The maximum absolute atomic E-state index is 11.2. The van der Waals surface area contributed by atoms with E-state index in [9.17, 15) is 4.79 Å². The molecule has 0 spiro atoms. The number of nitrogens with zero attached hydrogens (tertiary/aromatic N) is 2. The molecule has 4 nitrogen and oxygen atoms in total. The Bertz CT molecular complexity index is 276. The number of esters is 1. The standard InChI is InChI=1S/C12H22N2O2/c1-10(12(15)16-4)5-6-14-8-7-13(3)9-11(14)2/h5,11H,6-9H2,1-4H3. The molecule has 92 valence electrons. The molecule has 0 N–H and O–H groups in total. The molecule has 0 aliphatic carbocycles. The summed E-state index contributed by atoms with van der Waals surface area (Å²) in [6.07, 6.45) is 1.95. The number of methoxy groups -OCH3 is 1. The molecule has 0 aromatic carbocycles. The summed E-state index contributed by atoms with van der Waals surface area (Å²) in [5.74, 6) is -0.234. The highest BCUT2D eigenvalue weighted by Crippen LogP contribution is 2.08. The molecule has 16 heavy (non-hydrogen) atoms. The second kappa shape index (κ2) is 6.01. The molecule has 0 amide bonds. The van der Waals surface area contributed by atoms with E-state index in [0.717, 1.165) is 26.2 Å². The normalized spacial score (nSPS) is 24.5. The first-order valence-electron chi connectivity index (χ1n) is 5.72. The Kier molecular flexibility index (Phi) is 4.96. The van der Waals surface area contributed by atoms with Crippen molar-refractivity contribution in [3.05, 3.63) is 11.6 Å². The lowest BCUT2D eigenvalue weighted by atomic mass is 10.2. The van der Waals surface area contributed by atoms with Crippen molar-refractivity contribution in [2.45, 2.75) is 19.9 Å². The largest absolute Gasteiger partial charge is 0.466 e. The third-order valence-electron chi connectivity index (χ3n) is 3.11. The van der Waals surface area contributed by atoms with Gasteiger partial charge in [0.25, 0.3) is 0 Å². The summed E-state index contributed by atoms with van der Waals surface area (Å²) >= 11 is 0. The lowest BCUT2D eigenvalue weighted by Crippen LogP contribution is -2.50. The van der Waals surface area contributed by atoms with E-state index >= 15 is 0 Å². The number of hydrogen-bond acceptors (Lipinski definition) is 4. The maximum atomic E-state index is 11.2. The Labute approximate surface area is 97.9 Å². The molecule has 0 radical (unpaired) electrons. The minimum Gasteiger partial charge on any atom is -0.466 e. The summed E-state index contributed by atoms with van der Waals surface area (Å²) in [6, 6.07) is 0.542. The Morgan fingerprint density at radius 2 is 2.19 bits per heavy atom. The SMILES string of the molecule is COC(=O)C(C)=CCN1CCN(C)CC1C. The fourth-order valence-electron chi connectivity index (χ4n) is 1.95. The smallest absolute Gasteiger partial charge is 0.333 e. The van der Waals surface area contributed by atoms with Gasteiger partial charge in [0.1, 0.15) is 0 Å². The van der Waals surface area contributed by atoms with Crippen molar-refractivity contribution in [1.82, 2.24) is 9.80 Å². The van der Waals surface area contributed by atoms with Gasteiger partial charge in [-0.05, 0) is 20.9 Å². The zero-order valence-electron chi connectivity index (χ0n) is 10.7. The first-order chi connectivity index (χ1) is 7.54. The van der Waals surface area contributed by atoms with E-state index in [1.165, 1.54) is 7.11 Å². The molecule has 0 aromatic heterocycles. The number of ether oxygens (including phenoxy) is 1. The Hall–Kier alpha value is -0.870. The molecule has 4 heteroatoms. The predicted octanol–water partition coefficient (Wildman–Crippen LogP) is 0.742. The minimum atomic E-state index is -0.234. The van der Waals surface area contributed by atoms with Crippen LogP contribution in [-0.2, 0) is 9.53 Å². The van der Waals surface area contributed by atoms with E-state index < -0.39 is 0 Å². The Morgan fingerprint density at radius 1 is 1.50 bits per heavy atom. The third-order valence-corrected chi connectivity index (χ3v) is 3.11. The number of piperazine rings is 1. The van der Waals surface area contributed by atoms with Crippen LogP contribution in [0.4, 0.5) is 0 Å². The number of carbonyl (C=O) groups excluding carboxylic acids is 1. The van der Waals surface area contributed by atoms with E-state index in [1.807, 2.05) is 6.08 Å². The quantitative estimate of drug-likeness (QED) is 0.525. The summed E-state index contributed by atoms with van der Waals surface area (Å²) in [5, 5.41) is 0. The molecule has 0 aromatic rings. The zero-order valence-corrected chi connectivity index (χ0v) is 10.7. The van der Waals surface area contributed by atoms with Gasteiger partial charge in [-0.1, -0.05) is 6.08 Å². The van der Waals surface area contributed by atoms with Crippen LogP contribution in [0.25, 0.3) is 0 Å². The van der Waals surface area contributed by atoms with Crippen LogP contribution >= 0.6 is 0 Å². The molecule has 1 fully saturated rings. The van der Waals surface area contributed by atoms with Crippen LogP contribution in [-0.4, -0.2) is 62.1 Å². The third kappa shape index (κ3) is 3.61. The molecule has 0 saturated carbocycles. The Morgan fingerprint density at radius 3 is 2.75 bits per heavy atom. The highest BCUT2D eigenvalue weighted by Gasteiger charge is 2.20. The summed E-state index contributed by atoms with van der Waals surface area (Å²) in [6.45, 7) is 8.09. The van der Waals surface area contributed by atoms with Crippen LogP contribution in [0.5, 0.6) is 0 Å².